The van der Waals surface area contributed by atoms with Crippen molar-refractivity contribution in [1.82, 2.24) is 19.1 Å². The summed E-state index contributed by atoms with van der Waals surface area (Å²) in [5.74, 6) is 0. The van der Waals surface area contributed by atoms with Gasteiger partial charge in [0.15, 0.2) is 0 Å². The minimum Gasteiger partial charge on any atom is -0.308 e. The van der Waals surface area contributed by atoms with E-state index >= 15 is 0 Å². The third kappa shape index (κ3) is 6.81. The minimum atomic E-state index is -0.862. The molecule has 4 heterocycles. The number of fused-ring (bicyclic) bond motifs is 6. The zero-order valence-corrected chi connectivity index (χ0v) is 36.0. The second-order valence-electron chi connectivity index (χ2n) is 19.1. The van der Waals surface area contributed by atoms with Crippen molar-refractivity contribution in [2.24, 2.45) is 10.8 Å². The number of pyridine rings is 2. The molecule has 10 rings (SSSR count). The van der Waals surface area contributed by atoms with Gasteiger partial charge in [-0.2, -0.15) is 0 Å². The van der Waals surface area contributed by atoms with E-state index in [4.69, 9.17) is 9.97 Å². The van der Waals surface area contributed by atoms with Crippen LogP contribution in [0, 0.1) is 10.8 Å². The summed E-state index contributed by atoms with van der Waals surface area (Å²) >= 11 is 0. The first kappa shape index (κ1) is 38.4. The zero-order chi connectivity index (χ0) is 41.9. The summed E-state index contributed by atoms with van der Waals surface area (Å²) in [5, 5.41) is 2.30. The summed E-state index contributed by atoms with van der Waals surface area (Å²) in [6, 6.07) is 66.1. The average Bonchev–Trinajstić information content (AvgIpc) is 3.76. The van der Waals surface area contributed by atoms with Gasteiger partial charge in [0.1, 0.15) is 5.41 Å². The molecule has 61 heavy (non-hydrogen) atoms. The van der Waals surface area contributed by atoms with Crippen molar-refractivity contribution in [3.63, 3.8) is 0 Å². The molecule has 0 bridgehead atoms. The Bertz CT molecular complexity index is 2960. The Labute approximate surface area is 359 Å². The van der Waals surface area contributed by atoms with Gasteiger partial charge in [-0.25, -0.2) is 9.97 Å². The molecule has 4 aromatic heterocycles. The molecule has 0 fully saturated rings. The van der Waals surface area contributed by atoms with E-state index in [2.05, 4.69) is 233 Å². The molecule has 0 N–H and O–H groups in total. The lowest BCUT2D eigenvalue weighted by Crippen LogP contribution is -2.33. The van der Waals surface area contributed by atoms with Crippen molar-refractivity contribution in [3.05, 3.63) is 216 Å². The molecule has 0 aliphatic rings. The Morgan fingerprint density at radius 1 is 0.377 bits per heavy atom. The fourth-order valence-corrected chi connectivity index (χ4v) is 9.69. The average molecular weight is 793 g/mol. The number of para-hydroxylation sites is 2. The van der Waals surface area contributed by atoms with Gasteiger partial charge >= 0.3 is 0 Å². The summed E-state index contributed by atoms with van der Waals surface area (Å²) in [4.78, 5) is 11.7. The molecule has 0 spiro atoms. The van der Waals surface area contributed by atoms with Crippen molar-refractivity contribution in [2.45, 2.75) is 59.8 Å². The van der Waals surface area contributed by atoms with Crippen LogP contribution in [0.5, 0.6) is 0 Å². The number of benzene rings is 6. The summed E-state index contributed by atoms with van der Waals surface area (Å²) in [7, 11) is 0. The summed E-state index contributed by atoms with van der Waals surface area (Å²) in [5.41, 5.74) is 14.8. The molecule has 10 aromatic rings. The summed E-state index contributed by atoms with van der Waals surface area (Å²) in [6.07, 6.45) is 1.94. The van der Waals surface area contributed by atoms with E-state index in [1.807, 2.05) is 0 Å². The van der Waals surface area contributed by atoms with Crippen molar-refractivity contribution in [1.29, 1.82) is 0 Å². The van der Waals surface area contributed by atoms with Gasteiger partial charge < -0.3 is 9.13 Å². The Morgan fingerprint density at radius 2 is 0.721 bits per heavy atom. The second kappa shape index (κ2) is 14.7. The lowest BCUT2D eigenvalue weighted by Gasteiger charge is -2.34. The van der Waals surface area contributed by atoms with Crippen molar-refractivity contribution < 1.29 is 0 Å². The Kier molecular flexibility index (Phi) is 9.29. The highest BCUT2D eigenvalue weighted by atomic mass is 15.0. The fraction of sp³-hybridized carbons (Fsp3) is 0.193. The fourth-order valence-electron chi connectivity index (χ4n) is 9.69. The molecule has 0 saturated heterocycles. The molecule has 300 valence electrons. The molecular weight excluding hydrogens is 741 g/mol. The second-order valence-corrected chi connectivity index (χ2v) is 19.1. The van der Waals surface area contributed by atoms with Gasteiger partial charge in [-0.1, -0.05) is 151 Å². The minimum absolute atomic E-state index is 0.140. The molecule has 0 amide bonds. The maximum absolute atomic E-state index is 5.87. The topological polar surface area (TPSA) is 35.6 Å². The molecule has 0 saturated carbocycles. The summed E-state index contributed by atoms with van der Waals surface area (Å²) in [6.45, 7) is 13.8. The van der Waals surface area contributed by atoms with E-state index in [9.17, 15) is 0 Å². The Morgan fingerprint density at radius 3 is 1.08 bits per heavy atom. The first-order chi connectivity index (χ1) is 29.5. The molecule has 0 atom stereocenters. The summed E-state index contributed by atoms with van der Waals surface area (Å²) < 4.78 is 4.74. The predicted octanol–water partition coefficient (Wildman–Crippen LogP) is 14.2. The van der Waals surface area contributed by atoms with Gasteiger partial charge in [-0.15, -0.1) is 0 Å². The Hall–Kier alpha value is -6.78. The quantitative estimate of drug-likeness (QED) is 0.154. The molecule has 0 unspecified atom stereocenters. The Balaban J connectivity index is 1.31. The number of hydrogen-bond acceptors (Lipinski definition) is 2. The normalized spacial score (nSPS) is 12.6. The molecule has 0 aliphatic carbocycles. The van der Waals surface area contributed by atoms with E-state index < -0.39 is 5.41 Å². The SMILES string of the molecule is CC(C)(C)Cc1ccc2c(c1)c1nc(C(c3ccccc3)(c3ccccc3)c3ccc4c(n3)c3cc(CC(C)(C)C)ccc3n4-c3ccccc3)ccc1n2-c1ccccc1. The van der Waals surface area contributed by atoms with Crippen LogP contribution in [0.15, 0.2) is 182 Å². The monoisotopic (exact) mass is 792 g/mol. The first-order valence-electron chi connectivity index (χ1n) is 21.6. The molecule has 4 heteroatoms. The third-order valence-corrected chi connectivity index (χ3v) is 12.0. The van der Waals surface area contributed by atoms with Crippen LogP contribution in [0.3, 0.4) is 0 Å². The van der Waals surface area contributed by atoms with E-state index in [-0.39, 0.29) is 10.8 Å². The maximum atomic E-state index is 5.87. The van der Waals surface area contributed by atoms with E-state index in [1.54, 1.807) is 0 Å². The van der Waals surface area contributed by atoms with Crippen LogP contribution in [-0.2, 0) is 18.3 Å². The number of aromatic nitrogens is 4. The van der Waals surface area contributed by atoms with Crippen molar-refractivity contribution in [3.8, 4) is 11.4 Å². The van der Waals surface area contributed by atoms with Gasteiger partial charge in [-0.3, -0.25) is 0 Å². The lowest BCUT2D eigenvalue weighted by molar-refractivity contribution is 0.411. The van der Waals surface area contributed by atoms with Crippen molar-refractivity contribution >= 4 is 43.9 Å². The molecule has 4 nitrogen and oxygen atoms in total. The van der Waals surface area contributed by atoms with E-state index in [0.29, 0.717) is 0 Å². The van der Waals surface area contributed by atoms with Crippen LogP contribution in [0.4, 0.5) is 0 Å². The van der Waals surface area contributed by atoms with E-state index in [0.717, 1.165) is 90.6 Å². The maximum Gasteiger partial charge on any atom is 0.105 e. The lowest BCUT2D eigenvalue weighted by atomic mass is 9.69. The first-order valence-corrected chi connectivity index (χ1v) is 21.6. The van der Waals surface area contributed by atoms with Crippen LogP contribution in [0.1, 0.15) is 75.2 Å². The third-order valence-electron chi connectivity index (χ3n) is 12.0. The van der Waals surface area contributed by atoms with Crippen LogP contribution in [0.2, 0.25) is 0 Å². The standard InChI is InChI=1S/C57H52N4/c1-55(2,3)37-39-27-29-47-45(35-39)53-49(60(47)43-23-15-9-16-24-43)31-33-51(58-53)57(41-19-11-7-12-20-41,42-21-13-8-14-22-42)52-34-32-50-54(59-52)46-36-40(38-56(4,5)6)28-30-48(46)61(50)44-25-17-10-18-26-44/h7-36H,37-38H2,1-6H3. The highest BCUT2D eigenvalue weighted by Gasteiger charge is 2.42. The molecule has 6 aromatic carbocycles. The van der Waals surface area contributed by atoms with Gasteiger partial charge in [0.2, 0.25) is 0 Å². The highest BCUT2D eigenvalue weighted by molar-refractivity contribution is 6.08. The predicted molar refractivity (Wildman–Crippen MR) is 255 cm³/mol. The van der Waals surface area contributed by atoms with Gasteiger partial charge in [0, 0.05) is 22.1 Å². The van der Waals surface area contributed by atoms with Crippen LogP contribution in [0.25, 0.3) is 55.2 Å². The van der Waals surface area contributed by atoms with Crippen LogP contribution >= 0.6 is 0 Å². The molecule has 0 aliphatic heterocycles. The zero-order valence-electron chi connectivity index (χ0n) is 36.0. The highest BCUT2D eigenvalue weighted by Crippen LogP contribution is 2.46. The number of nitrogens with zero attached hydrogens (tertiary/aromatic N) is 4. The largest absolute Gasteiger partial charge is 0.308 e. The van der Waals surface area contributed by atoms with Gasteiger partial charge in [0.25, 0.3) is 0 Å². The molecule has 0 radical (unpaired) electrons. The van der Waals surface area contributed by atoms with Crippen molar-refractivity contribution in [2.75, 3.05) is 0 Å². The van der Waals surface area contributed by atoms with Gasteiger partial charge in [0.05, 0.1) is 44.5 Å². The number of hydrogen-bond donors (Lipinski definition) is 0. The van der Waals surface area contributed by atoms with E-state index in [1.165, 1.54) is 11.1 Å². The van der Waals surface area contributed by atoms with Crippen LogP contribution < -0.4 is 0 Å². The number of rotatable bonds is 8. The smallest absolute Gasteiger partial charge is 0.105 e. The van der Waals surface area contributed by atoms with Crippen LogP contribution in [-0.4, -0.2) is 19.1 Å². The molecular formula is C57H52N4. The van der Waals surface area contributed by atoms with Gasteiger partial charge in [-0.05, 0) is 119 Å².